The van der Waals surface area contributed by atoms with E-state index >= 15 is 0 Å². The van der Waals surface area contributed by atoms with Crippen LogP contribution in [0.15, 0.2) is 67.1 Å². The predicted octanol–water partition coefficient (Wildman–Crippen LogP) is 3.55. The van der Waals surface area contributed by atoms with Crippen molar-refractivity contribution < 1.29 is 4.79 Å². The van der Waals surface area contributed by atoms with Crippen LogP contribution in [-0.4, -0.2) is 48.5 Å². The SMILES string of the molecule is NC1C[C@@H]2CCC[C@H]1N2C(=O)c1ccnc(-c2cnn3ccc(-c4ccccc4)nc23)c1. The number of nitrogens with zero attached hydrogens (tertiary/aromatic N) is 5. The maximum atomic E-state index is 13.4. The molecule has 3 atom stereocenters. The fourth-order valence-electron chi connectivity index (χ4n) is 5.23. The van der Waals surface area contributed by atoms with Gasteiger partial charge in [0.1, 0.15) is 0 Å². The number of hydrogen-bond donors (Lipinski definition) is 1. The van der Waals surface area contributed by atoms with Crippen molar-refractivity contribution in [1.82, 2.24) is 24.5 Å². The van der Waals surface area contributed by atoms with Crippen LogP contribution in [0.4, 0.5) is 0 Å². The quantitative estimate of drug-likeness (QED) is 0.543. The van der Waals surface area contributed by atoms with Crippen molar-refractivity contribution in [2.24, 2.45) is 5.73 Å². The first-order valence-corrected chi connectivity index (χ1v) is 11.1. The van der Waals surface area contributed by atoms with Crippen molar-refractivity contribution in [2.75, 3.05) is 0 Å². The smallest absolute Gasteiger partial charge is 0.254 e. The minimum atomic E-state index is 0.0470. The standard InChI is InChI=1S/C25H24N6O/c26-20-14-18-7-4-8-23(20)31(18)25(32)17-9-11-27-22(13-17)19-15-28-30-12-10-21(29-24(19)30)16-5-2-1-3-6-16/h1-3,5-6,9-13,15,18,20,23H,4,7-8,14,26H2/t18-,20?,23+/m0/s1. The summed E-state index contributed by atoms with van der Waals surface area (Å²) in [6.45, 7) is 0. The van der Waals surface area contributed by atoms with E-state index in [0.29, 0.717) is 16.9 Å². The molecule has 7 nitrogen and oxygen atoms in total. The maximum Gasteiger partial charge on any atom is 0.254 e. The Kier molecular flexibility index (Phi) is 4.50. The minimum absolute atomic E-state index is 0.0470. The predicted molar refractivity (Wildman–Crippen MR) is 122 cm³/mol. The van der Waals surface area contributed by atoms with Crippen molar-refractivity contribution >= 4 is 11.6 Å². The zero-order valence-corrected chi connectivity index (χ0v) is 17.6. The number of benzene rings is 1. The fraction of sp³-hybridized carbons (Fsp3) is 0.280. The number of carbonyl (C=O) groups excluding carboxylic acids is 1. The van der Waals surface area contributed by atoms with Crippen molar-refractivity contribution in [3.63, 3.8) is 0 Å². The third-order valence-electron chi connectivity index (χ3n) is 6.78. The lowest BCUT2D eigenvalue weighted by Gasteiger charge is -2.35. The molecule has 1 unspecified atom stereocenters. The number of amides is 1. The fourth-order valence-corrected chi connectivity index (χ4v) is 5.23. The lowest BCUT2D eigenvalue weighted by Crippen LogP contribution is -2.47. The highest BCUT2D eigenvalue weighted by Gasteiger charge is 2.44. The second kappa shape index (κ2) is 7.53. The van der Waals surface area contributed by atoms with Crippen LogP contribution in [-0.2, 0) is 0 Å². The van der Waals surface area contributed by atoms with Crippen molar-refractivity contribution in [2.45, 2.75) is 43.8 Å². The molecule has 5 heterocycles. The third kappa shape index (κ3) is 3.08. The molecule has 2 aliphatic heterocycles. The molecule has 1 amide bonds. The number of fused-ring (bicyclic) bond motifs is 3. The van der Waals surface area contributed by atoms with E-state index < -0.39 is 0 Å². The molecule has 32 heavy (non-hydrogen) atoms. The summed E-state index contributed by atoms with van der Waals surface area (Å²) >= 11 is 0. The van der Waals surface area contributed by atoms with E-state index in [4.69, 9.17) is 10.7 Å². The largest absolute Gasteiger partial charge is 0.331 e. The van der Waals surface area contributed by atoms with Gasteiger partial charge in [-0.15, -0.1) is 0 Å². The van der Waals surface area contributed by atoms with Gasteiger partial charge in [-0.05, 0) is 43.9 Å². The van der Waals surface area contributed by atoms with Crippen LogP contribution in [0.2, 0.25) is 0 Å². The highest BCUT2D eigenvalue weighted by atomic mass is 16.2. The number of nitrogens with two attached hydrogens (primary N) is 1. The molecule has 0 saturated carbocycles. The van der Waals surface area contributed by atoms with Gasteiger partial charge in [-0.2, -0.15) is 5.10 Å². The van der Waals surface area contributed by atoms with Gasteiger partial charge in [-0.3, -0.25) is 9.78 Å². The average Bonchev–Trinajstić information content (AvgIpc) is 3.34. The second-order valence-electron chi connectivity index (χ2n) is 8.70. The normalized spacial score (nSPS) is 22.4. The van der Waals surface area contributed by atoms with Crippen LogP contribution in [0, 0.1) is 0 Å². The second-order valence-corrected chi connectivity index (χ2v) is 8.70. The first-order valence-electron chi connectivity index (χ1n) is 11.1. The van der Waals surface area contributed by atoms with Crippen LogP contribution in [0.25, 0.3) is 28.2 Å². The lowest BCUT2D eigenvalue weighted by molar-refractivity contribution is 0.0588. The van der Waals surface area contributed by atoms with Gasteiger partial charge in [-0.1, -0.05) is 30.3 Å². The van der Waals surface area contributed by atoms with Gasteiger partial charge in [-0.25, -0.2) is 9.50 Å². The summed E-state index contributed by atoms with van der Waals surface area (Å²) in [6, 6.07) is 16.1. The molecule has 0 radical (unpaired) electrons. The Bertz CT molecular complexity index is 1300. The Morgan fingerprint density at radius 2 is 1.94 bits per heavy atom. The molecule has 0 aliphatic carbocycles. The van der Waals surface area contributed by atoms with Crippen LogP contribution < -0.4 is 5.73 Å². The summed E-state index contributed by atoms with van der Waals surface area (Å²) in [5, 5.41) is 4.44. The first kappa shape index (κ1) is 19.1. The monoisotopic (exact) mass is 424 g/mol. The van der Waals surface area contributed by atoms with E-state index in [1.165, 1.54) is 0 Å². The third-order valence-corrected chi connectivity index (χ3v) is 6.78. The number of pyridine rings is 1. The number of piperidine rings is 1. The average molecular weight is 425 g/mol. The first-order chi connectivity index (χ1) is 15.7. The van der Waals surface area contributed by atoms with Gasteiger partial charge in [0.05, 0.1) is 23.1 Å². The van der Waals surface area contributed by atoms with E-state index in [1.807, 2.05) is 53.6 Å². The highest BCUT2D eigenvalue weighted by Crippen LogP contribution is 2.36. The molecule has 0 spiro atoms. The molecular formula is C25H24N6O. The molecule has 2 saturated heterocycles. The van der Waals surface area contributed by atoms with Crippen molar-refractivity contribution in [1.29, 1.82) is 0 Å². The zero-order valence-electron chi connectivity index (χ0n) is 17.6. The summed E-state index contributed by atoms with van der Waals surface area (Å²) < 4.78 is 1.74. The number of aromatic nitrogens is 4. The Balaban J connectivity index is 1.37. The summed E-state index contributed by atoms with van der Waals surface area (Å²) in [7, 11) is 0. The lowest BCUT2D eigenvalue weighted by atomic mass is 10.0. The van der Waals surface area contributed by atoms with Gasteiger partial charge >= 0.3 is 0 Å². The molecule has 4 aromatic rings. The molecular weight excluding hydrogens is 400 g/mol. The molecule has 2 aliphatic rings. The number of hydrogen-bond acceptors (Lipinski definition) is 5. The molecule has 1 aromatic carbocycles. The minimum Gasteiger partial charge on any atom is -0.331 e. The van der Waals surface area contributed by atoms with Crippen LogP contribution in [0.1, 0.15) is 36.0 Å². The summed E-state index contributed by atoms with van der Waals surface area (Å²) in [5.74, 6) is 0.0470. The summed E-state index contributed by atoms with van der Waals surface area (Å²) in [4.78, 5) is 24.8. The molecule has 2 N–H and O–H groups in total. The van der Waals surface area contributed by atoms with Gasteiger partial charge < -0.3 is 10.6 Å². The summed E-state index contributed by atoms with van der Waals surface area (Å²) in [6.07, 6.45) is 9.42. The van der Waals surface area contributed by atoms with E-state index in [0.717, 1.165) is 42.5 Å². The van der Waals surface area contributed by atoms with Crippen LogP contribution in [0.5, 0.6) is 0 Å². The zero-order chi connectivity index (χ0) is 21.7. The van der Waals surface area contributed by atoms with E-state index in [9.17, 15) is 4.79 Å². The van der Waals surface area contributed by atoms with Crippen LogP contribution >= 0.6 is 0 Å². The van der Waals surface area contributed by atoms with E-state index in [1.54, 1.807) is 23.0 Å². The number of rotatable bonds is 3. The Hall–Kier alpha value is -3.58. The molecule has 3 aromatic heterocycles. The topological polar surface area (TPSA) is 89.4 Å². The van der Waals surface area contributed by atoms with Gasteiger partial charge in [0, 0.05) is 41.6 Å². The molecule has 2 bridgehead atoms. The maximum absolute atomic E-state index is 13.4. The molecule has 6 rings (SSSR count). The Morgan fingerprint density at radius 3 is 2.78 bits per heavy atom. The van der Waals surface area contributed by atoms with E-state index in [-0.39, 0.29) is 24.0 Å². The summed E-state index contributed by atoms with van der Waals surface area (Å²) in [5.41, 5.74) is 11.1. The van der Waals surface area contributed by atoms with Gasteiger partial charge in [0.15, 0.2) is 5.65 Å². The highest BCUT2D eigenvalue weighted by molar-refractivity contribution is 5.96. The molecule has 7 heteroatoms. The van der Waals surface area contributed by atoms with Gasteiger partial charge in [0.25, 0.3) is 5.91 Å². The molecule has 2 fully saturated rings. The number of carbonyl (C=O) groups is 1. The van der Waals surface area contributed by atoms with E-state index in [2.05, 4.69) is 10.1 Å². The van der Waals surface area contributed by atoms with Crippen molar-refractivity contribution in [3.8, 4) is 22.5 Å². The van der Waals surface area contributed by atoms with Crippen LogP contribution in [0.3, 0.4) is 0 Å². The van der Waals surface area contributed by atoms with Gasteiger partial charge in [0.2, 0.25) is 0 Å². The Morgan fingerprint density at radius 1 is 1.06 bits per heavy atom. The van der Waals surface area contributed by atoms with Crippen molar-refractivity contribution in [3.05, 3.63) is 72.7 Å². The Labute approximate surface area is 185 Å². The molecule has 160 valence electrons.